The Morgan fingerprint density at radius 3 is 2.70 bits per heavy atom. The highest BCUT2D eigenvalue weighted by Crippen LogP contribution is 2.09. The summed E-state index contributed by atoms with van der Waals surface area (Å²) < 4.78 is 19.2. The summed E-state index contributed by atoms with van der Waals surface area (Å²) in [5, 5.41) is 9.35. The van der Waals surface area contributed by atoms with E-state index in [0.717, 1.165) is 0 Å². The van der Waals surface area contributed by atoms with Gasteiger partial charge in [0.25, 0.3) is 5.56 Å². The van der Waals surface area contributed by atoms with Gasteiger partial charge in [0.1, 0.15) is 19.0 Å². The van der Waals surface area contributed by atoms with Crippen molar-refractivity contribution < 1.29 is 13.9 Å². The highest BCUT2D eigenvalue weighted by Gasteiger charge is 2.12. The molecule has 3 aromatic rings. The molecule has 0 saturated carbocycles. The van der Waals surface area contributed by atoms with Gasteiger partial charge in [0.2, 0.25) is 0 Å². The number of carbonyl (C=O) groups is 1. The molecule has 0 aliphatic heterocycles. The van der Waals surface area contributed by atoms with Crippen molar-refractivity contribution in [2.45, 2.75) is 13.2 Å². The van der Waals surface area contributed by atoms with Gasteiger partial charge in [0.05, 0.1) is 17.0 Å². The number of aromatic nitrogens is 2. The van der Waals surface area contributed by atoms with Crippen molar-refractivity contribution in [1.29, 1.82) is 5.26 Å². The number of benzene rings is 2. The summed E-state index contributed by atoms with van der Waals surface area (Å²) in [4.78, 5) is 28.7. The number of rotatable bonds is 5. The van der Waals surface area contributed by atoms with Crippen LogP contribution in [-0.2, 0) is 22.7 Å². The van der Waals surface area contributed by atoms with Crippen LogP contribution in [0.1, 0.15) is 11.4 Å². The van der Waals surface area contributed by atoms with Crippen LogP contribution in [0, 0.1) is 17.1 Å². The Morgan fingerprint density at radius 2 is 1.96 bits per heavy atom. The second kappa shape index (κ2) is 8.06. The molecule has 0 amide bonds. The number of carbonyl (C=O) groups excluding carboxylic acids is 1. The maximum absolute atomic E-state index is 12.9. The highest BCUT2D eigenvalue weighted by molar-refractivity contribution is 5.87. The Kier molecular flexibility index (Phi) is 5.38. The Morgan fingerprint density at radius 1 is 1.22 bits per heavy atom. The monoisotopic (exact) mass is 363 g/mol. The molecule has 0 saturated heterocycles. The zero-order valence-electron chi connectivity index (χ0n) is 14.1. The van der Waals surface area contributed by atoms with Crippen LogP contribution in [0.15, 0.2) is 59.4 Å². The zero-order chi connectivity index (χ0) is 19.2. The lowest BCUT2D eigenvalue weighted by Gasteiger charge is -2.10. The minimum atomic E-state index is -0.648. The van der Waals surface area contributed by atoms with Gasteiger partial charge in [0.15, 0.2) is 5.82 Å². The van der Waals surface area contributed by atoms with E-state index in [9.17, 15) is 14.0 Å². The lowest BCUT2D eigenvalue weighted by atomic mass is 10.2. The molecule has 134 valence electrons. The van der Waals surface area contributed by atoms with E-state index in [2.05, 4.69) is 4.98 Å². The highest BCUT2D eigenvalue weighted by atomic mass is 19.1. The quantitative estimate of drug-likeness (QED) is 0.514. The molecule has 0 fully saturated rings. The van der Waals surface area contributed by atoms with Gasteiger partial charge in [-0.15, -0.1) is 0 Å². The number of para-hydroxylation sites is 1. The summed E-state index contributed by atoms with van der Waals surface area (Å²) in [6.45, 7) is -0.455. The van der Waals surface area contributed by atoms with Crippen molar-refractivity contribution in [2.24, 2.45) is 0 Å². The molecule has 0 bridgehead atoms. The Hall–Kier alpha value is -3.79. The predicted octanol–water partition coefficient (Wildman–Crippen LogP) is 2.82. The van der Waals surface area contributed by atoms with E-state index in [0.29, 0.717) is 16.5 Å². The van der Waals surface area contributed by atoms with Gasteiger partial charge < -0.3 is 4.74 Å². The molecule has 0 N–H and O–H groups in total. The first-order valence-electron chi connectivity index (χ1n) is 8.04. The van der Waals surface area contributed by atoms with Gasteiger partial charge in [-0.2, -0.15) is 5.26 Å². The summed E-state index contributed by atoms with van der Waals surface area (Å²) in [5.74, 6) is -0.832. The first-order valence-corrected chi connectivity index (χ1v) is 8.04. The number of nitriles is 1. The van der Waals surface area contributed by atoms with Crippen LogP contribution in [0.2, 0.25) is 0 Å². The van der Waals surface area contributed by atoms with Crippen molar-refractivity contribution in [3.63, 3.8) is 0 Å². The molecule has 1 heterocycles. The van der Waals surface area contributed by atoms with Crippen LogP contribution in [0.5, 0.6) is 0 Å². The molecule has 6 nitrogen and oxygen atoms in total. The summed E-state index contributed by atoms with van der Waals surface area (Å²) in [7, 11) is 0. The average molecular weight is 363 g/mol. The normalized spacial score (nSPS) is 10.8. The van der Waals surface area contributed by atoms with Gasteiger partial charge in [-0.3, -0.25) is 9.36 Å². The van der Waals surface area contributed by atoms with Gasteiger partial charge in [-0.05, 0) is 35.9 Å². The van der Waals surface area contributed by atoms with Crippen LogP contribution in [0.4, 0.5) is 4.39 Å². The Balaban J connectivity index is 1.78. The zero-order valence-corrected chi connectivity index (χ0v) is 14.1. The van der Waals surface area contributed by atoms with E-state index in [4.69, 9.17) is 10.00 Å². The van der Waals surface area contributed by atoms with E-state index in [1.54, 1.807) is 24.3 Å². The number of fused-ring (bicyclic) bond motifs is 1. The van der Waals surface area contributed by atoms with E-state index in [1.807, 2.05) is 6.07 Å². The number of hydrogen-bond donors (Lipinski definition) is 0. The Bertz CT molecular complexity index is 1110. The molecular formula is C20H14FN3O3. The lowest BCUT2D eigenvalue weighted by molar-refractivity contribution is -0.139. The third-order valence-electron chi connectivity index (χ3n) is 3.79. The van der Waals surface area contributed by atoms with Crippen molar-refractivity contribution >= 4 is 22.9 Å². The SMILES string of the molecule is N#CCn1c(COC(=O)/C=C/c2ccc(F)cc2)nc2ccccc2c1=O. The fourth-order valence-corrected chi connectivity index (χ4v) is 2.48. The third-order valence-corrected chi connectivity index (χ3v) is 3.79. The number of halogens is 1. The molecule has 0 aliphatic rings. The first-order chi connectivity index (χ1) is 13.1. The lowest BCUT2D eigenvalue weighted by Crippen LogP contribution is -2.26. The largest absolute Gasteiger partial charge is 0.454 e. The molecule has 0 radical (unpaired) electrons. The number of nitrogens with zero attached hydrogens (tertiary/aromatic N) is 3. The smallest absolute Gasteiger partial charge is 0.331 e. The second-order valence-corrected chi connectivity index (χ2v) is 5.59. The minimum Gasteiger partial charge on any atom is -0.454 e. The summed E-state index contributed by atoms with van der Waals surface area (Å²) in [6.07, 6.45) is 2.68. The fourth-order valence-electron chi connectivity index (χ4n) is 2.48. The molecule has 2 aromatic carbocycles. The molecule has 1 aromatic heterocycles. The second-order valence-electron chi connectivity index (χ2n) is 5.59. The van der Waals surface area contributed by atoms with Gasteiger partial charge in [-0.25, -0.2) is 14.2 Å². The first kappa shape index (κ1) is 18.0. The van der Waals surface area contributed by atoms with Crippen molar-refractivity contribution in [3.8, 4) is 6.07 Å². The molecule has 3 rings (SSSR count). The summed E-state index contributed by atoms with van der Waals surface area (Å²) in [6, 6.07) is 14.3. The maximum atomic E-state index is 12.9. The van der Waals surface area contributed by atoms with E-state index < -0.39 is 5.97 Å². The van der Waals surface area contributed by atoms with E-state index in [1.165, 1.54) is 41.0 Å². The maximum Gasteiger partial charge on any atom is 0.331 e. The Labute approximate surface area is 153 Å². The van der Waals surface area contributed by atoms with Crippen molar-refractivity contribution in [3.05, 3.63) is 82.2 Å². The van der Waals surface area contributed by atoms with E-state index in [-0.39, 0.29) is 30.4 Å². The summed E-state index contributed by atoms with van der Waals surface area (Å²) in [5.41, 5.74) is 0.734. The summed E-state index contributed by atoms with van der Waals surface area (Å²) >= 11 is 0. The number of hydrogen-bond acceptors (Lipinski definition) is 5. The van der Waals surface area contributed by atoms with Crippen LogP contribution >= 0.6 is 0 Å². The molecule has 0 atom stereocenters. The molecule has 0 spiro atoms. The van der Waals surface area contributed by atoms with Crippen LogP contribution in [-0.4, -0.2) is 15.5 Å². The van der Waals surface area contributed by atoms with Gasteiger partial charge >= 0.3 is 5.97 Å². The molecule has 0 aliphatic carbocycles. The van der Waals surface area contributed by atoms with Gasteiger partial charge in [-0.1, -0.05) is 24.3 Å². The van der Waals surface area contributed by atoms with Gasteiger partial charge in [0, 0.05) is 6.08 Å². The topological polar surface area (TPSA) is 85.0 Å². The minimum absolute atomic E-state index is 0.184. The van der Waals surface area contributed by atoms with E-state index >= 15 is 0 Å². The number of esters is 1. The molecule has 27 heavy (non-hydrogen) atoms. The van der Waals surface area contributed by atoms with Crippen LogP contribution < -0.4 is 5.56 Å². The molecule has 0 unspecified atom stereocenters. The number of ether oxygens (including phenoxy) is 1. The van der Waals surface area contributed by atoms with Crippen LogP contribution in [0.25, 0.3) is 17.0 Å². The molecule has 7 heteroatoms. The average Bonchev–Trinajstić information content (AvgIpc) is 2.68. The predicted molar refractivity (Wildman–Crippen MR) is 96.8 cm³/mol. The van der Waals surface area contributed by atoms with Crippen LogP contribution in [0.3, 0.4) is 0 Å². The molecular weight excluding hydrogens is 349 g/mol. The van der Waals surface area contributed by atoms with Crippen molar-refractivity contribution in [1.82, 2.24) is 9.55 Å². The fraction of sp³-hybridized carbons (Fsp3) is 0.100. The third kappa shape index (κ3) is 4.25. The van der Waals surface area contributed by atoms with Crippen molar-refractivity contribution in [2.75, 3.05) is 0 Å². The standard InChI is InChI=1S/C20H14FN3O3/c21-15-8-5-14(6-9-15)7-10-19(25)27-13-18-23-17-4-2-1-3-16(17)20(26)24(18)12-11-22/h1-10H,12-13H2/b10-7+.